The molecule has 3 aromatic rings. The summed E-state index contributed by atoms with van der Waals surface area (Å²) >= 11 is 0. The summed E-state index contributed by atoms with van der Waals surface area (Å²) in [6.07, 6.45) is -0.0651. The number of hydrogen-bond donors (Lipinski definition) is 1. The van der Waals surface area contributed by atoms with Crippen LogP contribution in [-0.4, -0.2) is 26.1 Å². The van der Waals surface area contributed by atoms with Crippen molar-refractivity contribution in [1.82, 2.24) is 15.0 Å². The van der Waals surface area contributed by atoms with Crippen LogP contribution in [0.4, 0.5) is 4.39 Å². The summed E-state index contributed by atoms with van der Waals surface area (Å²) < 4.78 is 23.0. The number of rotatable bonds is 10. The number of nitrogens with zero attached hydrogens (tertiary/aromatic N) is 3. The third-order valence-corrected chi connectivity index (χ3v) is 6.08. The van der Waals surface area contributed by atoms with E-state index in [0.717, 1.165) is 16.7 Å². The first-order chi connectivity index (χ1) is 16.8. The Morgan fingerprint density at radius 1 is 1.20 bits per heavy atom. The Balaban J connectivity index is 1.99. The highest BCUT2D eigenvalue weighted by molar-refractivity contribution is 5.75. The van der Waals surface area contributed by atoms with Gasteiger partial charge in [0.25, 0.3) is 0 Å². The van der Waals surface area contributed by atoms with Crippen molar-refractivity contribution in [3.63, 3.8) is 0 Å². The van der Waals surface area contributed by atoms with Crippen LogP contribution in [0.15, 0.2) is 60.7 Å². The second-order valence-corrected chi connectivity index (χ2v) is 8.63. The fraction of sp³-hybridized carbons (Fsp3) is 0.321. The third-order valence-electron chi connectivity index (χ3n) is 6.08. The molecule has 6 nitrogen and oxygen atoms in total. The number of aryl methyl sites for hydroxylation is 2. The first-order valence-electron chi connectivity index (χ1n) is 11.6. The predicted molar refractivity (Wildman–Crippen MR) is 135 cm³/mol. The van der Waals surface area contributed by atoms with E-state index in [-0.39, 0.29) is 25.3 Å². The topological polar surface area (TPSA) is 77.2 Å². The molecule has 0 saturated heterocycles. The standard InChI is InChI=1S/C28H32FN3O3/c1-6-32-28(18(2)3)27(30-31-32)26(29)20(5)24(22-13-12-19(4)23(14-22)16-33)15-25(34)35-17-21-10-8-7-9-11-21/h7-14,24,33H,2,6,15-17H2,1,3-5H3/b26-20-. The summed E-state index contributed by atoms with van der Waals surface area (Å²) in [4.78, 5) is 12.8. The minimum Gasteiger partial charge on any atom is -0.461 e. The summed E-state index contributed by atoms with van der Waals surface area (Å²) in [6, 6.07) is 14.9. The van der Waals surface area contributed by atoms with Gasteiger partial charge in [-0.2, -0.15) is 0 Å². The molecule has 184 valence electrons. The molecular formula is C28H32FN3O3. The molecule has 1 atom stereocenters. The van der Waals surface area contributed by atoms with Crippen molar-refractivity contribution in [2.45, 2.75) is 59.8 Å². The summed E-state index contributed by atoms with van der Waals surface area (Å²) in [5, 5.41) is 17.9. The zero-order valence-electron chi connectivity index (χ0n) is 20.7. The number of benzene rings is 2. The largest absolute Gasteiger partial charge is 0.461 e. The van der Waals surface area contributed by atoms with E-state index in [2.05, 4.69) is 16.9 Å². The van der Waals surface area contributed by atoms with Crippen molar-refractivity contribution >= 4 is 17.4 Å². The van der Waals surface area contributed by atoms with Crippen LogP contribution in [-0.2, 0) is 29.3 Å². The minimum atomic E-state index is -0.617. The Morgan fingerprint density at radius 3 is 2.54 bits per heavy atom. The molecule has 0 fully saturated rings. The van der Waals surface area contributed by atoms with Gasteiger partial charge < -0.3 is 9.84 Å². The Bertz CT molecular complexity index is 1230. The minimum absolute atomic E-state index is 0.0651. The van der Waals surface area contributed by atoms with Crippen molar-refractivity contribution in [3.8, 4) is 0 Å². The lowest BCUT2D eigenvalue weighted by molar-refractivity contribution is -0.145. The summed E-state index contributed by atoms with van der Waals surface area (Å²) in [5.74, 6) is -1.61. The molecule has 0 bridgehead atoms. The van der Waals surface area contributed by atoms with Crippen LogP contribution in [0, 0.1) is 6.92 Å². The molecule has 1 N–H and O–H groups in total. The average molecular weight is 478 g/mol. The van der Waals surface area contributed by atoms with Gasteiger partial charge >= 0.3 is 5.97 Å². The maximum Gasteiger partial charge on any atom is 0.307 e. The van der Waals surface area contributed by atoms with E-state index in [1.807, 2.05) is 62.4 Å². The van der Waals surface area contributed by atoms with Gasteiger partial charge in [-0.25, -0.2) is 9.07 Å². The van der Waals surface area contributed by atoms with Crippen molar-refractivity contribution in [2.24, 2.45) is 0 Å². The van der Waals surface area contributed by atoms with E-state index < -0.39 is 17.7 Å². The van der Waals surface area contributed by atoms with Gasteiger partial charge in [-0.1, -0.05) is 60.3 Å². The van der Waals surface area contributed by atoms with E-state index in [1.54, 1.807) is 18.5 Å². The molecule has 1 heterocycles. The number of aliphatic hydroxyl groups excluding tert-OH is 1. The molecule has 1 unspecified atom stereocenters. The molecule has 0 aliphatic heterocycles. The molecule has 35 heavy (non-hydrogen) atoms. The summed E-state index contributed by atoms with van der Waals surface area (Å²) in [6.45, 7) is 11.7. The van der Waals surface area contributed by atoms with E-state index in [9.17, 15) is 9.90 Å². The molecule has 7 heteroatoms. The Morgan fingerprint density at radius 2 is 1.91 bits per heavy atom. The maximum atomic E-state index is 15.9. The van der Waals surface area contributed by atoms with Crippen molar-refractivity contribution in [3.05, 3.63) is 94.3 Å². The lowest BCUT2D eigenvalue weighted by atomic mass is 9.86. The predicted octanol–water partition coefficient (Wildman–Crippen LogP) is 5.75. The van der Waals surface area contributed by atoms with Gasteiger partial charge in [-0.15, -0.1) is 5.10 Å². The van der Waals surface area contributed by atoms with Gasteiger partial charge in [0, 0.05) is 12.5 Å². The number of carbonyl (C=O) groups excluding carboxylic acids is 1. The molecule has 0 spiro atoms. The molecule has 0 saturated carbocycles. The van der Waals surface area contributed by atoms with Crippen LogP contribution in [0.2, 0.25) is 0 Å². The lowest BCUT2D eigenvalue weighted by Crippen LogP contribution is -2.13. The number of esters is 1. The van der Waals surface area contributed by atoms with E-state index in [1.165, 1.54) is 0 Å². The van der Waals surface area contributed by atoms with Crippen molar-refractivity contribution in [2.75, 3.05) is 0 Å². The molecule has 0 radical (unpaired) electrons. The van der Waals surface area contributed by atoms with Gasteiger partial charge in [-0.3, -0.25) is 4.79 Å². The quantitative estimate of drug-likeness (QED) is 0.376. The van der Waals surface area contributed by atoms with E-state index in [0.29, 0.717) is 28.9 Å². The second kappa shape index (κ2) is 11.7. The normalized spacial score (nSPS) is 12.7. The zero-order valence-corrected chi connectivity index (χ0v) is 20.7. The molecule has 2 aromatic carbocycles. The SMILES string of the molecule is C=C(C)c1c(/C(F)=C(\C)C(CC(=O)OCc2ccccc2)c2ccc(C)c(CO)c2)nnn1CC. The number of hydrogen-bond acceptors (Lipinski definition) is 5. The van der Waals surface area contributed by atoms with Crippen LogP contribution >= 0.6 is 0 Å². The fourth-order valence-corrected chi connectivity index (χ4v) is 4.01. The molecule has 0 amide bonds. The molecule has 1 aromatic heterocycles. The maximum absolute atomic E-state index is 15.9. The Labute approximate surface area is 205 Å². The fourth-order valence-electron chi connectivity index (χ4n) is 4.01. The molecule has 0 aliphatic rings. The van der Waals surface area contributed by atoms with Crippen LogP contribution < -0.4 is 0 Å². The first-order valence-corrected chi connectivity index (χ1v) is 11.6. The number of ether oxygens (including phenoxy) is 1. The first kappa shape index (κ1) is 26.0. The molecular weight excluding hydrogens is 445 g/mol. The summed E-state index contributed by atoms with van der Waals surface area (Å²) in [7, 11) is 0. The number of allylic oxidation sites excluding steroid dienone is 2. The van der Waals surface area contributed by atoms with Crippen LogP contribution in [0.1, 0.15) is 66.8 Å². The van der Waals surface area contributed by atoms with Gasteiger partial charge in [0.2, 0.25) is 0 Å². The van der Waals surface area contributed by atoms with Gasteiger partial charge in [-0.05, 0) is 61.1 Å². The van der Waals surface area contributed by atoms with Crippen LogP contribution in [0.25, 0.3) is 11.4 Å². The number of halogens is 1. The molecule has 0 aliphatic carbocycles. The number of aromatic nitrogens is 3. The lowest BCUT2D eigenvalue weighted by Gasteiger charge is -2.20. The highest BCUT2D eigenvalue weighted by Gasteiger charge is 2.26. The zero-order chi connectivity index (χ0) is 25.5. The second-order valence-electron chi connectivity index (χ2n) is 8.63. The smallest absolute Gasteiger partial charge is 0.307 e. The van der Waals surface area contributed by atoms with Crippen LogP contribution in [0.5, 0.6) is 0 Å². The van der Waals surface area contributed by atoms with E-state index in [4.69, 9.17) is 4.74 Å². The van der Waals surface area contributed by atoms with Gasteiger partial charge in [0.05, 0.1) is 18.7 Å². The third kappa shape index (κ3) is 6.11. The Kier molecular flexibility index (Phi) is 8.71. The van der Waals surface area contributed by atoms with Gasteiger partial charge in [0.1, 0.15) is 12.3 Å². The summed E-state index contributed by atoms with van der Waals surface area (Å²) in [5.41, 5.74) is 4.83. The number of carbonyl (C=O) groups is 1. The average Bonchev–Trinajstić information content (AvgIpc) is 3.31. The number of aliphatic hydroxyl groups is 1. The highest BCUT2D eigenvalue weighted by atomic mass is 19.1. The Hall–Kier alpha value is -3.58. The molecule has 3 rings (SSSR count). The highest BCUT2D eigenvalue weighted by Crippen LogP contribution is 2.36. The van der Waals surface area contributed by atoms with E-state index >= 15 is 4.39 Å². The van der Waals surface area contributed by atoms with Gasteiger partial charge in [0.15, 0.2) is 5.83 Å². The van der Waals surface area contributed by atoms with Crippen molar-refractivity contribution in [1.29, 1.82) is 0 Å². The monoisotopic (exact) mass is 477 g/mol. The van der Waals surface area contributed by atoms with Crippen molar-refractivity contribution < 1.29 is 19.0 Å². The van der Waals surface area contributed by atoms with Crippen LogP contribution in [0.3, 0.4) is 0 Å².